The number of esters is 1. The minimum Gasteiger partial charge on any atom is -0.465 e. The molecule has 1 aliphatic rings. The van der Waals surface area contributed by atoms with Gasteiger partial charge in [0.2, 0.25) is 0 Å². The van der Waals surface area contributed by atoms with Crippen LogP contribution in [-0.2, 0) is 9.47 Å². The van der Waals surface area contributed by atoms with Crippen LogP contribution in [0.2, 0.25) is 0 Å². The van der Waals surface area contributed by atoms with E-state index >= 15 is 0 Å². The second kappa shape index (κ2) is 8.23. The Hall–Kier alpha value is -2.53. The standard InChI is InChI=1S/C17H20F2N4O4S/c1-8-12(18)13(19)14(21-8)15(24)22-9-4-5-23(7-10(9)26-2)17-20-6-11(28-17)16(25)27-3/h6,9-10,21H,4-5,7H2,1-3H3,(H,22,24)/t9-,10+/m0/s1. The number of hydrogen-bond acceptors (Lipinski definition) is 7. The first-order chi connectivity index (χ1) is 13.3. The molecule has 1 saturated heterocycles. The molecular formula is C17H20F2N4O4S. The van der Waals surface area contributed by atoms with Gasteiger partial charge in [0.05, 0.1) is 31.1 Å². The van der Waals surface area contributed by atoms with Crippen LogP contribution in [0.4, 0.5) is 13.9 Å². The van der Waals surface area contributed by atoms with E-state index in [4.69, 9.17) is 4.74 Å². The number of H-pyrrole nitrogens is 1. The van der Waals surface area contributed by atoms with Crippen molar-refractivity contribution < 1.29 is 27.8 Å². The largest absolute Gasteiger partial charge is 0.465 e. The first kappa shape index (κ1) is 20.2. The van der Waals surface area contributed by atoms with Crippen molar-refractivity contribution >= 4 is 28.3 Å². The average Bonchev–Trinajstić information content (AvgIpc) is 3.29. The number of methoxy groups -OCH3 is 2. The molecule has 2 aromatic heterocycles. The van der Waals surface area contributed by atoms with Crippen LogP contribution in [0.25, 0.3) is 0 Å². The van der Waals surface area contributed by atoms with Gasteiger partial charge in [0.15, 0.2) is 16.8 Å². The topological polar surface area (TPSA) is 96.5 Å². The van der Waals surface area contributed by atoms with E-state index in [2.05, 4.69) is 20.0 Å². The van der Waals surface area contributed by atoms with E-state index in [0.717, 1.165) is 0 Å². The highest BCUT2D eigenvalue weighted by molar-refractivity contribution is 7.17. The zero-order valence-electron chi connectivity index (χ0n) is 15.5. The summed E-state index contributed by atoms with van der Waals surface area (Å²) in [4.78, 5) is 32.9. The van der Waals surface area contributed by atoms with Gasteiger partial charge in [0.25, 0.3) is 5.91 Å². The quantitative estimate of drug-likeness (QED) is 0.725. The lowest BCUT2D eigenvalue weighted by Crippen LogP contribution is -2.55. The number of aromatic nitrogens is 2. The Labute approximate surface area is 163 Å². The number of piperidine rings is 1. The second-order valence-electron chi connectivity index (χ2n) is 6.34. The number of thiazole rings is 1. The summed E-state index contributed by atoms with van der Waals surface area (Å²) < 4.78 is 37.5. The Kier molecular flexibility index (Phi) is 5.94. The summed E-state index contributed by atoms with van der Waals surface area (Å²) >= 11 is 1.20. The lowest BCUT2D eigenvalue weighted by molar-refractivity contribution is 0.0538. The molecule has 0 bridgehead atoms. The lowest BCUT2D eigenvalue weighted by atomic mass is 10.0. The third-order valence-electron chi connectivity index (χ3n) is 4.61. The summed E-state index contributed by atoms with van der Waals surface area (Å²) in [5.74, 6) is -3.44. The van der Waals surface area contributed by atoms with E-state index < -0.39 is 35.3 Å². The normalized spacial score (nSPS) is 19.5. The first-order valence-corrected chi connectivity index (χ1v) is 9.33. The first-order valence-electron chi connectivity index (χ1n) is 8.52. The van der Waals surface area contributed by atoms with E-state index in [1.54, 1.807) is 0 Å². The number of carbonyl (C=O) groups excluding carboxylic acids is 2. The molecule has 152 valence electrons. The van der Waals surface area contributed by atoms with Gasteiger partial charge in [0.1, 0.15) is 10.6 Å². The summed E-state index contributed by atoms with van der Waals surface area (Å²) in [5, 5.41) is 3.34. The van der Waals surface area contributed by atoms with E-state index in [1.165, 1.54) is 38.7 Å². The van der Waals surface area contributed by atoms with Crippen molar-refractivity contribution in [3.05, 3.63) is 34.1 Å². The maximum atomic E-state index is 13.8. The summed E-state index contributed by atoms with van der Waals surface area (Å²) in [5.41, 5.74) is -0.471. The van der Waals surface area contributed by atoms with Gasteiger partial charge in [-0.2, -0.15) is 0 Å². The van der Waals surface area contributed by atoms with Crippen LogP contribution in [0, 0.1) is 18.6 Å². The summed E-state index contributed by atoms with van der Waals surface area (Å²) in [7, 11) is 2.81. The van der Waals surface area contributed by atoms with Gasteiger partial charge in [0, 0.05) is 20.2 Å². The number of nitrogens with one attached hydrogen (secondary N) is 2. The number of aryl methyl sites for hydroxylation is 1. The molecule has 2 atom stereocenters. The van der Waals surface area contributed by atoms with E-state index in [9.17, 15) is 18.4 Å². The molecule has 0 unspecified atom stereocenters. The Morgan fingerprint density at radius 2 is 2.11 bits per heavy atom. The molecule has 3 rings (SSSR count). The minimum absolute atomic E-state index is 0.0362. The molecule has 28 heavy (non-hydrogen) atoms. The van der Waals surface area contributed by atoms with Crippen molar-refractivity contribution in [2.45, 2.75) is 25.5 Å². The number of aromatic amines is 1. The van der Waals surface area contributed by atoms with Gasteiger partial charge in [-0.3, -0.25) is 4.79 Å². The Balaban J connectivity index is 1.67. The lowest BCUT2D eigenvalue weighted by Gasteiger charge is -2.37. The Bertz CT molecular complexity index is 885. The number of hydrogen-bond donors (Lipinski definition) is 2. The van der Waals surface area contributed by atoms with Crippen molar-refractivity contribution in [2.75, 3.05) is 32.2 Å². The minimum atomic E-state index is -1.19. The highest BCUT2D eigenvalue weighted by Crippen LogP contribution is 2.27. The smallest absolute Gasteiger partial charge is 0.349 e. The van der Waals surface area contributed by atoms with Gasteiger partial charge in [-0.1, -0.05) is 11.3 Å². The van der Waals surface area contributed by atoms with E-state index in [0.29, 0.717) is 29.5 Å². The number of rotatable bonds is 5. The van der Waals surface area contributed by atoms with Crippen molar-refractivity contribution in [1.29, 1.82) is 0 Å². The number of carbonyl (C=O) groups is 2. The molecule has 0 aromatic carbocycles. The van der Waals surface area contributed by atoms with Crippen LogP contribution in [-0.4, -0.2) is 61.3 Å². The SMILES string of the molecule is COC(=O)c1cnc(N2CC[C@H](NC(=O)c3[nH]c(C)c(F)c3F)[C@H](OC)C2)s1. The van der Waals surface area contributed by atoms with Crippen LogP contribution in [0.3, 0.4) is 0 Å². The summed E-state index contributed by atoms with van der Waals surface area (Å²) in [6, 6.07) is -0.389. The van der Waals surface area contributed by atoms with Crippen LogP contribution in [0.1, 0.15) is 32.3 Å². The fourth-order valence-corrected chi connectivity index (χ4v) is 3.94. The highest BCUT2D eigenvalue weighted by Gasteiger charge is 2.33. The molecule has 0 saturated carbocycles. The molecule has 1 amide bonds. The predicted molar refractivity (Wildman–Crippen MR) is 97.8 cm³/mol. The molecule has 1 aliphatic heterocycles. The Morgan fingerprint density at radius 3 is 2.71 bits per heavy atom. The van der Waals surface area contributed by atoms with E-state index in [1.807, 2.05) is 4.90 Å². The van der Waals surface area contributed by atoms with Crippen molar-refractivity contribution in [3.63, 3.8) is 0 Å². The van der Waals surface area contributed by atoms with Gasteiger partial charge in [-0.05, 0) is 13.3 Å². The predicted octanol–water partition coefficient (Wildman–Crippen LogP) is 1.87. The molecule has 3 heterocycles. The summed E-state index contributed by atoms with van der Waals surface area (Å²) in [6.07, 6.45) is 1.56. The van der Waals surface area contributed by atoms with Gasteiger partial charge in [-0.15, -0.1) is 0 Å². The number of ether oxygens (including phenoxy) is 2. The maximum Gasteiger partial charge on any atom is 0.349 e. The molecule has 2 aromatic rings. The summed E-state index contributed by atoms with van der Waals surface area (Å²) in [6.45, 7) is 2.30. The van der Waals surface area contributed by atoms with Crippen LogP contribution >= 0.6 is 11.3 Å². The van der Waals surface area contributed by atoms with Gasteiger partial charge < -0.3 is 24.7 Å². The van der Waals surface area contributed by atoms with Crippen LogP contribution < -0.4 is 10.2 Å². The molecule has 0 spiro atoms. The Morgan fingerprint density at radius 1 is 1.36 bits per heavy atom. The third-order valence-corrected chi connectivity index (χ3v) is 5.65. The molecule has 2 N–H and O–H groups in total. The fraction of sp³-hybridized carbons (Fsp3) is 0.471. The van der Waals surface area contributed by atoms with Crippen molar-refractivity contribution in [2.24, 2.45) is 0 Å². The zero-order chi connectivity index (χ0) is 20.4. The van der Waals surface area contributed by atoms with Crippen molar-refractivity contribution in [1.82, 2.24) is 15.3 Å². The zero-order valence-corrected chi connectivity index (χ0v) is 16.4. The number of amides is 1. The number of anilines is 1. The maximum absolute atomic E-state index is 13.8. The number of halogens is 2. The van der Waals surface area contributed by atoms with Gasteiger partial charge >= 0.3 is 5.97 Å². The monoisotopic (exact) mass is 414 g/mol. The second-order valence-corrected chi connectivity index (χ2v) is 7.35. The molecular weight excluding hydrogens is 394 g/mol. The fourth-order valence-electron chi connectivity index (χ4n) is 3.07. The van der Waals surface area contributed by atoms with Crippen LogP contribution in [0.15, 0.2) is 6.20 Å². The molecule has 0 radical (unpaired) electrons. The molecule has 11 heteroatoms. The average molecular weight is 414 g/mol. The van der Waals surface area contributed by atoms with Crippen molar-refractivity contribution in [3.8, 4) is 0 Å². The highest BCUT2D eigenvalue weighted by atomic mass is 32.1. The molecule has 0 aliphatic carbocycles. The third kappa shape index (κ3) is 3.85. The van der Waals surface area contributed by atoms with Gasteiger partial charge in [-0.25, -0.2) is 18.6 Å². The molecule has 8 nitrogen and oxygen atoms in total. The number of nitrogens with zero attached hydrogens (tertiary/aromatic N) is 2. The van der Waals surface area contributed by atoms with E-state index in [-0.39, 0.29) is 11.7 Å². The van der Waals surface area contributed by atoms with Crippen LogP contribution in [0.5, 0.6) is 0 Å². The molecule has 1 fully saturated rings.